The number of ether oxygens (including phenoxy) is 1. The molecule has 0 fully saturated rings. The number of nitrogens with zero attached hydrogens (tertiary/aromatic N) is 1. The number of benzene rings is 2. The van der Waals surface area contributed by atoms with Crippen LogP contribution in [0.4, 0.5) is 0 Å². The molecule has 0 atom stereocenters. The lowest BCUT2D eigenvalue weighted by molar-refractivity contribution is 0.306. The molecular weight excluding hydrogens is 323 g/mol. The number of rotatable bonds is 5. The highest BCUT2D eigenvalue weighted by molar-refractivity contribution is 6.34. The Morgan fingerprint density at radius 3 is 2.64 bits per heavy atom. The monoisotopic (exact) mass is 338 g/mol. The molecule has 0 heterocycles. The molecule has 0 aliphatic heterocycles. The minimum Gasteiger partial charge on any atom is -0.487 e. The van der Waals surface area contributed by atoms with E-state index in [1.165, 1.54) is 6.21 Å². The summed E-state index contributed by atoms with van der Waals surface area (Å²) in [5.74, 6) is 0.339. The van der Waals surface area contributed by atoms with Crippen LogP contribution >= 0.6 is 24.0 Å². The van der Waals surface area contributed by atoms with Crippen LogP contribution in [0.1, 0.15) is 11.1 Å². The molecule has 2 aromatic carbocycles. The van der Waals surface area contributed by atoms with E-state index < -0.39 is 0 Å². The van der Waals surface area contributed by atoms with Gasteiger partial charge in [-0.1, -0.05) is 54.1 Å². The molecule has 0 saturated heterocycles. The second-order valence-corrected chi connectivity index (χ2v) is 4.60. The van der Waals surface area contributed by atoms with E-state index in [0.29, 0.717) is 22.9 Å². The van der Waals surface area contributed by atoms with Crippen molar-refractivity contribution in [3.8, 4) is 5.75 Å². The van der Waals surface area contributed by atoms with E-state index in [1.54, 1.807) is 12.1 Å². The van der Waals surface area contributed by atoms with Crippen molar-refractivity contribution in [2.75, 3.05) is 0 Å². The third-order valence-corrected chi connectivity index (χ3v) is 3.02. The zero-order valence-corrected chi connectivity index (χ0v) is 13.2. The van der Waals surface area contributed by atoms with Gasteiger partial charge in [-0.15, -0.1) is 12.4 Å². The Balaban J connectivity index is 0.00000242. The molecule has 0 aliphatic carbocycles. The Kier molecular flexibility index (Phi) is 7.22. The third kappa shape index (κ3) is 5.27. The van der Waals surface area contributed by atoms with E-state index in [4.69, 9.17) is 27.5 Å². The van der Waals surface area contributed by atoms with Gasteiger partial charge < -0.3 is 10.5 Å². The molecule has 5 nitrogen and oxygen atoms in total. The fourth-order valence-electron chi connectivity index (χ4n) is 1.65. The quantitative estimate of drug-likeness (QED) is 0.444. The fourth-order valence-corrected chi connectivity index (χ4v) is 1.87. The average molecular weight is 339 g/mol. The van der Waals surface area contributed by atoms with E-state index >= 15 is 0 Å². The van der Waals surface area contributed by atoms with Gasteiger partial charge in [-0.05, 0) is 11.6 Å². The van der Waals surface area contributed by atoms with Crippen LogP contribution in [-0.2, 0) is 6.61 Å². The third-order valence-electron chi connectivity index (χ3n) is 2.62. The van der Waals surface area contributed by atoms with E-state index in [1.807, 2.05) is 36.4 Å². The molecule has 7 heteroatoms. The molecule has 0 amide bonds. The first-order valence-corrected chi connectivity index (χ1v) is 6.63. The van der Waals surface area contributed by atoms with Gasteiger partial charge in [0.15, 0.2) is 0 Å². The van der Waals surface area contributed by atoms with Crippen LogP contribution in [0.2, 0.25) is 5.02 Å². The number of hydrogen-bond acceptors (Lipinski definition) is 3. The molecule has 2 aromatic rings. The summed E-state index contributed by atoms with van der Waals surface area (Å²) in [6, 6.07) is 15.2. The molecule has 0 unspecified atom stereocenters. The van der Waals surface area contributed by atoms with Crippen molar-refractivity contribution in [1.29, 1.82) is 5.41 Å². The van der Waals surface area contributed by atoms with E-state index in [2.05, 4.69) is 10.5 Å². The molecule has 0 aromatic heterocycles. The highest BCUT2D eigenvalue weighted by Crippen LogP contribution is 2.27. The normalized spacial score (nSPS) is 10.0. The standard InChI is InChI=1S/C15H15ClN4O.ClH/c16-14-12(9-19-20-15(17)18)7-4-8-13(14)21-10-11-5-2-1-3-6-11;/h1-9H,10H2,(H4,17,18,20);1H. The number of halogens is 2. The van der Waals surface area contributed by atoms with Crippen molar-refractivity contribution in [2.45, 2.75) is 6.61 Å². The van der Waals surface area contributed by atoms with Gasteiger partial charge in [-0.25, -0.2) is 5.43 Å². The van der Waals surface area contributed by atoms with Crippen LogP contribution < -0.4 is 15.9 Å². The van der Waals surface area contributed by atoms with Gasteiger partial charge in [0.1, 0.15) is 12.4 Å². The van der Waals surface area contributed by atoms with Gasteiger partial charge >= 0.3 is 0 Å². The van der Waals surface area contributed by atoms with Crippen molar-refractivity contribution < 1.29 is 4.74 Å². The second-order valence-electron chi connectivity index (χ2n) is 4.22. The van der Waals surface area contributed by atoms with Crippen molar-refractivity contribution in [3.63, 3.8) is 0 Å². The molecule has 0 radical (unpaired) electrons. The van der Waals surface area contributed by atoms with Crippen LogP contribution in [0.15, 0.2) is 53.6 Å². The number of hydrazone groups is 1. The lowest BCUT2D eigenvalue weighted by Crippen LogP contribution is -2.25. The number of guanidine groups is 1. The van der Waals surface area contributed by atoms with Gasteiger partial charge in [-0.2, -0.15) is 5.10 Å². The van der Waals surface area contributed by atoms with Gasteiger partial charge in [-0.3, -0.25) is 5.41 Å². The molecular formula is C15H16Cl2N4O. The SMILES string of the molecule is Cl.N=C(N)NN=Cc1cccc(OCc2ccccc2)c1Cl. The number of nitrogens with two attached hydrogens (primary N) is 1. The van der Waals surface area contributed by atoms with Crippen molar-refractivity contribution in [3.05, 3.63) is 64.7 Å². The minimum absolute atomic E-state index is 0. The fraction of sp³-hybridized carbons (Fsp3) is 0.0667. The highest BCUT2D eigenvalue weighted by atomic mass is 35.5. The topological polar surface area (TPSA) is 83.5 Å². The Labute approximate surface area is 140 Å². The Bertz CT molecular complexity index is 647. The molecule has 0 spiro atoms. The summed E-state index contributed by atoms with van der Waals surface area (Å²) in [7, 11) is 0. The van der Waals surface area contributed by atoms with Crippen LogP contribution in [0.3, 0.4) is 0 Å². The van der Waals surface area contributed by atoms with E-state index in [0.717, 1.165) is 5.56 Å². The van der Waals surface area contributed by atoms with Gasteiger partial charge in [0.05, 0.1) is 11.2 Å². The van der Waals surface area contributed by atoms with Crippen molar-refractivity contribution in [1.82, 2.24) is 5.43 Å². The zero-order valence-electron chi connectivity index (χ0n) is 11.6. The first kappa shape index (κ1) is 17.8. The molecule has 2 rings (SSSR count). The Morgan fingerprint density at radius 2 is 1.95 bits per heavy atom. The Morgan fingerprint density at radius 1 is 1.23 bits per heavy atom. The Hall–Kier alpha value is -2.24. The highest BCUT2D eigenvalue weighted by Gasteiger charge is 2.06. The summed E-state index contributed by atoms with van der Waals surface area (Å²) in [5, 5.41) is 11.3. The maximum atomic E-state index is 7.01. The summed E-state index contributed by atoms with van der Waals surface area (Å²) in [6.07, 6.45) is 1.49. The molecule has 22 heavy (non-hydrogen) atoms. The maximum absolute atomic E-state index is 7.01. The van der Waals surface area contributed by atoms with Crippen molar-refractivity contribution in [2.24, 2.45) is 10.8 Å². The predicted octanol–water partition coefficient (Wildman–Crippen LogP) is 3.16. The van der Waals surface area contributed by atoms with Gasteiger partial charge in [0.25, 0.3) is 0 Å². The van der Waals surface area contributed by atoms with Crippen LogP contribution in [-0.4, -0.2) is 12.2 Å². The smallest absolute Gasteiger partial charge is 0.206 e. The molecule has 0 bridgehead atoms. The summed E-state index contributed by atoms with van der Waals surface area (Å²) >= 11 is 6.26. The van der Waals surface area contributed by atoms with E-state index in [9.17, 15) is 0 Å². The average Bonchev–Trinajstić information content (AvgIpc) is 2.48. The largest absolute Gasteiger partial charge is 0.487 e. The van der Waals surface area contributed by atoms with Gasteiger partial charge in [0, 0.05) is 5.56 Å². The predicted molar refractivity (Wildman–Crippen MR) is 92.1 cm³/mol. The zero-order chi connectivity index (χ0) is 15.1. The molecule has 0 aliphatic rings. The van der Waals surface area contributed by atoms with Crippen molar-refractivity contribution >= 4 is 36.2 Å². The summed E-state index contributed by atoms with van der Waals surface area (Å²) < 4.78 is 5.71. The van der Waals surface area contributed by atoms with Crippen LogP contribution in [0.25, 0.3) is 0 Å². The maximum Gasteiger partial charge on any atom is 0.206 e. The lowest BCUT2D eigenvalue weighted by atomic mass is 10.2. The van der Waals surface area contributed by atoms with E-state index in [-0.39, 0.29) is 18.4 Å². The van der Waals surface area contributed by atoms with Crippen LogP contribution in [0, 0.1) is 5.41 Å². The number of hydrogen-bond donors (Lipinski definition) is 3. The van der Waals surface area contributed by atoms with Gasteiger partial charge in [0.2, 0.25) is 5.96 Å². The molecule has 0 saturated carbocycles. The molecule has 4 N–H and O–H groups in total. The first-order valence-electron chi connectivity index (χ1n) is 6.25. The van der Waals surface area contributed by atoms with Crippen LogP contribution in [0.5, 0.6) is 5.75 Å². The minimum atomic E-state index is -0.237. The second kappa shape index (κ2) is 8.92. The summed E-state index contributed by atoms with van der Waals surface area (Å²) in [6.45, 7) is 0.437. The first-order chi connectivity index (χ1) is 10.2. The molecule has 116 valence electrons. The lowest BCUT2D eigenvalue weighted by Gasteiger charge is -2.09. The summed E-state index contributed by atoms with van der Waals surface area (Å²) in [5.41, 5.74) is 9.20. The summed E-state index contributed by atoms with van der Waals surface area (Å²) in [4.78, 5) is 0. The number of nitrogens with one attached hydrogen (secondary N) is 2.